The Hall–Kier alpha value is -1.24. The first kappa shape index (κ1) is 7.86. The zero-order valence-corrected chi connectivity index (χ0v) is 6.83. The maximum Gasteiger partial charge on any atom is 0.115 e. The molecule has 0 heterocycles. The normalized spacial score (nSPS) is 10.7. The molecular formula is C10H12O. The number of rotatable bonds is 1. The van der Waals surface area contributed by atoms with Gasteiger partial charge in [-0.3, -0.25) is 0 Å². The molecule has 1 aromatic carbocycles. The predicted molar refractivity (Wildman–Crippen MR) is 47.6 cm³/mol. The first-order chi connectivity index (χ1) is 5.24. The fraction of sp³-hybridized carbons (Fsp3) is 0.200. The van der Waals surface area contributed by atoms with Crippen molar-refractivity contribution in [2.45, 2.75) is 13.8 Å². The van der Waals surface area contributed by atoms with Crippen molar-refractivity contribution in [2.24, 2.45) is 0 Å². The molecule has 0 saturated heterocycles. The van der Waals surface area contributed by atoms with E-state index in [9.17, 15) is 0 Å². The van der Waals surface area contributed by atoms with Gasteiger partial charge >= 0.3 is 0 Å². The number of phenolic OH excluding ortho intramolecular Hbond substituents is 1. The summed E-state index contributed by atoms with van der Waals surface area (Å²) >= 11 is 0. The van der Waals surface area contributed by atoms with Crippen LogP contribution in [0, 0.1) is 6.92 Å². The molecule has 1 rings (SSSR count). The van der Waals surface area contributed by atoms with E-state index in [1.54, 1.807) is 12.1 Å². The summed E-state index contributed by atoms with van der Waals surface area (Å²) in [6, 6.07) is 5.36. The van der Waals surface area contributed by atoms with E-state index in [1.165, 1.54) is 0 Å². The molecule has 0 spiro atoms. The lowest BCUT2D eigenvalue weighted by atomic mass is 10.1. The van der Waals surface area contributed by atoms with Crippen LogP contribution in [0.25, 0.3) is 6.08 Å². The fourth-order valence-corrected chi connectivity index (χ4v) is 1.03. The molecule has 0 atom stereocenters. The molecule has 0 bridgehead atoms. The van der Waals surface area contributed by atoms with Crippen LogP contribution >= 0.6 is 0 Å². The van der Waals surface area contributed by atoms with Gasteiger partial charge in [-0.05, 0) is 37.1 Å². The van der Waals surface area contributed by atoms with Crippen molar-refractivity contribution in [2.75, 3.05) is 0 Å². The van der Waals surface area contributed by atoms with Crippen LogP contribution in [-0.4, -0.2) is 5.11 Å². The topological polar surface area (TPSA) is 20.2 Å². The highest BCUT2D eigenvalue weighted by Gasteiger charge is 1.93. The zero-order valence-electron chi connectivity index (χ0n) is 6.83. The maximum atomic E-state index is 9.08. The van der Waals surface area contributed by atoms with Gasteiger partial charge in [0.15, 0.2) is 0 Å². The van der Waals surface area contributed by atoms with Gasteiger partial charge in [0.05, 0.1) is 0 Å². The largest absolute Gasteiger partial charge is 0.508 e. The van der Waals surface area contributed by atoms with Crippen LogP contribution in [0.5, 0.6) is 5.75 Å². The highest BCUT2D eigenvalue weighted by molar-refractivity contribution is 5.54. The van der Waals surface area contributed by atoms with Crippen LogP contribution in [0.4, 0.5) is 0 Å². The first-order valence-electron chi connectivity index (χ1n) is 3.66. The lowest BCUT2D eigenvalue weighted by molar-refractivity contribution is 0.475. The maximum absolute atomic E-state index is 9.08. The van der Waals surface area contributed by atoms with Gasteiger partial charge in [0, 0.05) is 0 Å². The Morgan fingerprint density at radius 2 is 2.09 bits per heavy atom. The third-order valence-electron chi connectivity index (χ3n) is 1.60. The molecular weight excluding hydrogens is 136 g/mol. The molecule has 11 heavy (non-hydrogen) atoms. The minimum atomic E-state index is 0.329. The number of allylic oxidation sites excluding steroid dienone is 1. The number of hydrogen-bond acceptors (Lipinski definition) is 1. The van der Waals surface area contributed by atoms with E-state index in [1.807, 2.05) is 32.1 Å². The second-order valence-corrected chi connectivity index (χ2v) is 2.54. The molecule has 0 aliphatic carbocycles. The Labute approximate surface area is 67.0 Å². The number of aryl methyl sites for hydroxylation is 1. The lowest BCUT2D eigenvalue weighted by Gasteiger charge is -1.99. The number of phenols is 1. The van der Waals surface area contributed by atoms with Gasteiger partial charge in [-0.2, -0.15) is 0 Å². The molecule has 0 aromatic heterocycles. The summed E-state index contributed by atoms with van der Waals surface area (Å²) in [7, 11) is 0. The van der Waals surface area contributed by atoms with Crippen LogP contribution in [0.1, 0.15) is 18.1 Å². The van der Waals surface area contributed by atoms with Crippen molar-refractivity contribution in [3.05, 3.63) is 35.4 Å². The summed E-state index contributed by atoms with van der Waals surface area (Å²) in [6.45, 7) is 3.96. The number of aromatic hydroxyl groups is 1. The molecule has 0 amide bonds. The van der Waals surface area contributed by atoms with Gasteiger partial charge in [0.1, 0.15) is 5.75 Å². The number of hydrogen-bond donors (Lipinski definition) is 1. The fourth-order valence-electron chi connectivity index (χ4n) is 1.03. The van der Waals surface area contributed by atoms with Gasteiger partial charge in [-0.15, -0.1) is 0 Å². The quantitative estimate of drug-likeness (QED) is 0.649. The van der Waals surface area contributed by atoms with E-state index >= 15 is 0 Å². The van der Waals surface area contributed by atoms with Crippen molar-refractivity contribution in [3.8, 4) is 5.75 Å². The zero-order chi connectivity index (χ0) is 8.27. The summed E-state index contributed by atoms with van der Waals surface area (Å²) in [5, 5.41) is 9.08. The Balaban J connectivity index is 3.09. The number of benzene rings is 1. The van der Waals surface area contributed by atoms with Crippen LogP contribution in [0.15, 0.2) is 24.3 Å². The summed E-state index contributed by atoms with van der Waals surface area (Å²) in [5.41, 5.74) is 2.26. The monoisotopic (exact) mass is 148 g/mol. The van der Waals surface area contributed by atoms with E-state index in [0.717, 1.165) is 11.1 Å². The predicted octanol–water partition coefficient (Wildman–Crippen LogP) is 2.73. The highest BCUT2D eigenvalue weighted by Crippen LogP contribution is 2.16. The average molecular weight is 148 g/mol. The highest BCUT2D eigenvalue weighted by atomic mass is 16.3. The molecule has 1 N–H and O–H groups in total. The van der Waals surface area contributed by atoms with Gasteiger partial charge in [-0.25, -0.2) is 0 Å². The van der Waals surface area contributed by atoms with E-state index < -0.39 is 0 Å². The first-order valence-corrected chi connectivity index (χ1v) is 3.66. The summed E-state index contributed by atoms with van der Waals surface area (Å²) in [5.74, 6) is 0.329. The van der Waals surface area contributed by atoms with Crippen molar-refractivity contribution in [3.63, 3.8) is 0 Å². The van der Waals surface area contributed by atoms with Gasteiger partial charge in [-0.1, -0.05) is 18.2 Å². The van der Waals surface area contributed by atoms with Crippen molar-refractivity contribution in [1.82, 2.24) is 0 Å². The minimum Gasteiger partial charge on any atom is -0.508 e. The molecule has 0 aliphatic rings. The summed E-state index contributed by atoms with van der Waals surface area (Å²) in [4.78, 5) is 0. The molecule has 1 nitrogen and oxygen atoms in total. The van der Waals surface area contributed by atoms with Crippen molar-refractivity contribution in [1.29, 1.82) is 0 Å². The standard InChI is InChI=1S/C10H12O/c1-3-4-9-5-6-10(11)7-8(9)2/h3-7,11H,1-2H3. The van der Waals surface area contributed by atoms with E-state index in [-0.39, 0.29) is 0 Å². The Morgan fingerprint density at radius 1 is 1.36 bits per heavy atom. The van der Waals surface area contributed by atoms with Crippen molar-refractivity contribution < 1.29 is 5.11 Å². The van der Waals surface area contributed by atoms with Gasteiger partial charge in [0.25, 0.3) is 0 Å². The molecule has 0 unspecified atom stereocenters. The molecule has 1 aromatic rings. The average Bonchev–Trinajstić information content (AvgIpc) is 1.95. The van der Waals surface area contributed by atoms with E-state index in [0.29, 0.717) is 5.75 Å². The lowest BCUT2D eigenvalue weighted by Crippen LogP contribution is -1.78. The summed E-state index contributed by atoms with van der Waals surface area (Å²) < 4.78 is 0. The van der Waals surface area contributed by atoms with Crippen LogP contribution in [0.2, 0.25) is 0 Å². The SMILES string of the molecule is CC=Cc1ccc(O)cc1C. The Morgan fingerprint density at radius 3 is 2.64 bits per heavy atom. The molecule has 58 valence electrons. The molecule has 0 saturated carbocycles. The Bertz CT molecular complexity index is 274. The van der Waals surface area contributed by atoms with E-state index in [2.05, 4.69) is 0 Å². The van der Waals surface area contributed by atoms with Crippen LogP contribution in [0.3, 0.4) is 0 Å². The van der Waals surface area contributed by atoms with Crippen LogP contribution < -0.4 is 0 Å². The van der Waals surface area contributed by atoms with Gasteiger partial charge in [0.2, 0.25) is 0 Å². The molecule has 0 radical (unpaired) electrons. The third kappa shape index (κ3) is 1.84. The second kappa shape index (κ2) is 3.24. The van der Waals surface area contributed by atoms with E-state index in [4.69, 9.17) is 5.11 Å². The smallest absolute Gasteiger partial charge is 0.115 e. The van der Waals surface area contributed by atoms with Crippen LogP contribution in [-0.2, 0) is 0 Å². The second-order valence-electron chi connectivity index (χ2n) is 2.54. The Kier molecular flexibility index (Phi) is 2.32. The molecule has 0 fully saturated rings. The summed E-state index contributed by atoms with van der Waals surface area (Å²) in [6.07, 6.45) is 4.01. The molecule has 1 heteroatoms. The minimum absolute atomic E-state index is 0.329. The third-order valence-corrected chi connectivity index (χ3v) is 1.60. The van der Waals surface area contributed by atoms with Crippen molar-refractivity contribution >= 4 is 6.08 Å². The van der Waals surface area contributed by atoms with Gasteiger partial charge < -0.3 is 5.11 Å². The molecule has 0 aliphatic heterocycles.